The van der Waals surface area contributed by atoms with Gasteiger partial charge in [-0.1, -0.05) is 6.07 Å². The van der Waals surface area contributed by atoms with Crippen LogP contribution in [0.3, 0.4) is 0 Å². The summed E-state index contributed by atoms with van der Waals surface area (Å²) < 4.78 is 5.46. The van der Waals surface area contributed by atoms with Gasteiger partial charge in [-0.15, -0.1) is 0 Å². The van der Waals surface area contributed by atoms with Crippen LogP contribution in [0.4, 0.5) is 0 Å². The number of benzene rings is 1. The summed E-state index contributed by atoms with van der Waals surface area (Å²) in [5.74, 6) is 0.964. The van der Waals surface area contributed by atoms with E-state index in [1.807, 2.05) is 0 Å². The molecule has 3 nitrogen and oxygen atoms in total. The zero-order valence-electron chi connectivity index (χ0n) is 12.2. The lowest BCUT2D eigenvalue weighted by Gasteiger charge is -2.26. The summed E-state index contributed by atoms with van der Waals surface area (Å²) in [6.07, 6.45) is 3.88. The third kappa shape index (κ3) is 3.71. The Bertz CT molecular complexity index is 423. The van der Waals surface area contributed by atoms with Crippen LogP contribution in [0.2, 0.25) is 0 Å². The van der Waals surface area contributed by atoms with Crippen LogP contribution in [-0.4, -0.2) is 24.4 Å². The molecule has 2 N–H and O–H groups in total. The maximum absolute atomic E-state index is 9.51. The first kappa shape index (κ1) is 14.4. The highest BCUT2D eigenvalue weighted by Gasteiger charge is 2.19. The van der Waals surface area contributed by atoms with Gasteiger partial charge in [0.25, 0.3) is 0 Å². The molecule has 106 valence electrons. The molecule has 0 spiro atoms. The quantitative estimate of drug-likeness (QED) is 0.877. The number of rotatable bonds is 4. The van der Waals surface area contributed by atoms with Crippen LogP contribution in [-0.2, 0) is 6.54 Å². The van der Waals surface area contributed by atoms with E-state index < -0.39 is 0 Å². The van der Waals surface area contributed by atoms with Crippen LogP contribution >= 0.6 is 0 Å². The van der Waals surface area contributed by atoms with E-state index in [-0.39, 0.29) is 6.10 Å². The summed E-state index contributed by atoms with van der Waals surface area (Å²) in [5, 5.41) is 13.1. The molecule has 1 aromatic carbocycles. The number of aryl methyl sites for hydroxylation is 2. The van der Waals surface area contributed by atoms with Gasteiger partial charge in [-0.05, 0) is 56.7 Å². The summed E-state index contributed by atoms with van der Waals surface area (Å²) in [6, 6.07) is 4.84. The molecule has 0 heterocycles. The molecule has 0 aliphatic heterocycles. The molecule has 0 amide bonds. The molecular formula is C16H25NO2. The maximum atomic E-state index is 9.51. The molecule has 0 saturated heterocycles. The van der Waals surface area contributed by atoms with Crippen LogP contribution in [0.1, 0.15) is 42.4 Å². The normalized spacial score (nSPS) is 23.4. The standard InChI is InChI=1S/C16H25NO2/c1-11-8-13(16(19-3)9-12(11)2)10-17-14-4-6-15(18)7-5-14/h8-9,14-15,17-18H,4-7,10H2,1-3H3. The monoisotopic (exact) mass is 263 g/mol. The highest BCUT2D eigenvalue weighted by Crippen LogP contribution is 2.24. The van der Waals surface area contributed by atoms with Gasteiger partial charge in [0.05, 0.1) is 13.2 Å². The number of ether oxygens (including phenoxy) is 1. The fourth-order valence-corrected chi connectivity index (χ4v) is 2.71. The Kier molecular flexibility index (Phi) is 4.83. The SMILES string of the molecule is COc1cc(C)c(C)cc1CNC1CCC(O)CC1. The van der Waals surface area contributed by atoms with E-state index in [9.17, 15) is 5.11 Å². The van der Waals surface area contributed by atoms with E-state index in [1.165, 1.54) is 16.7 Å². The van der Waals surface area contributed by atoms with E-state index in [2.05, 4.69) is 31.3 Å². The molecule has 0 radical (unpaired) electrons. The number of methoxy groups -OCH3 is 1. The van der Waals surface area contributed by atoms with Gasteiger partial charge in [-0.3, -0.25) is 0 Å². The highest BCUT2D eigenvalue weighted by molar-refractivity contribution is 5.41. The maximum Gasteiger partial charge on any atom is 0.123 e. The molecule has 2 rings (SSSR count). The third-order valence-corrected chi connectivity index (χ3v) is 4.17. The number of nitrogens with one attached hydrogen (secondary N) is 1. The molecule has 0 unspecified atom stereocenters. The van der Waals surface area contributed by atoms with Crippen LogP contribution in [0, 0.1) is 13.8 Å². The first-order chi connectivity index (χ1) is 9.10. The molecule has 1 aromatic rings. The number of hydrogen-bond acceptors (Lipinski definition) is 3. The molecular weight excluding hydrogens is 238 g/mol. The predicted molar refractivity (Wildman–Crippen MR) is 77.6 cm³/mol. The molecule has 1 fully saturated rings. The van der Waals surface area contributed by atoms with Gasteiger partial charge in [0.1, 0.15) is 5.75 Å². The second kappa shape index (κ2) is 6.40. The Morgan fingerprint density at radius 1 is 1.16 bits per heavy atom. The Morgan fingerprint density at radius 3 is 2.42 bits per heavy atom. The van der Waals surface area contributed by atoms with Crippen molar-refractivity contribution in [2.75, 3.05) is 7.11 Å². The van der Waals surface area contributed by atoms with E-state index in [0.29, 0.717) is 6.04 Å². The zero-order chi connectivity index (χ0) is 13.8. The molecule has 0 bridgehead atoms. The second-order valence-corrected chi connectivity index (χ2v) is 5.63. The van der Waals surface area contributed by atoms with Crippen LogP contribution in [0.15, 0.2) is 12.1 Å². The minimum absolute atomic E-state index is 0.0887. The van der Waals surface area contributed by atoms with Crippen molar-refractivity contribution in [3.63, 3.8) is 0 Å². The van der Waals surface area contributed by atoms with Crippen molar-refractivity contribution in [3.05, 3.63) is 28.8 Å². The fraction of sp³-hybridized carbons (Fsp3) is 0.625. The molecule has 0 aromatic heterocycles. The first-order valence-electron chi connectivity index (χ1n) is 7.15. The van der Waals surface area contributed by atoms with Gasteiger partial charge in [0.15, 0.2) is 0 Å². The fourth-order valence-electron chi connectivity index (χ4n) is 2.71. The van der Waals surface area contributed by atoms with Crippen molar-refractivity contribution < 1.29 is 9.84 Å². The Labute approximate surface area is 116 Å². The minimum Gasteiger partial charge on any atom is -0.496 e. The van der Waals surface area contributed by atoms with Crippen LogP contribution < -0.4 is 10.1 Å². The van der Waals surface area contributed by atoms with Gasteiger partial charge >= 0.3 is 0 Å². The average molecular weight is 263 g/mol. The molecule has 19 heavy (non-hydrogen) atoms. The average Bonchev–Trinajstić information content (AvgIpc) is 2.41. The van der Waals surface area contributed by atoms with Crippen molar-refractivity contribution in [2.45, 2.75) is 58.2 Å². The van der Waals surface area contributed by atoms with Crippen molar-refractivity contribution in [1.29, 1.82) is 0 Å². The lowest BCUT2D eigenvalue weighted by Crippen LogP contribution is -2.34. The van der Waals surface area contributed by atoms with Crippen molar-refractivity contribution in [2.24, 2.45) is 0 Å². The Balaban J connectivity index is 1.97. The molecule has 1 saturated carbocycles. The van der Waals surface area contributed by atoms with E-state index in [0.717, 1.165) is 38.0 Å². The summed E-state index contributed by atoms with van der Waals surface area (Å²) in [5.41, 5.74) is 3.79. The summed E-state index contributed by atoms with van der Waals surface area (Å²) in [4.78, 5) is 0. The van der Waals surface area contributed by atoms with Crippen LogP contribution in [0.5, 0.6) is 5.75 Å². The molecule has 1 aliphatic carbocycles. The van der Waals surface area contributed by atoms with Crippen LogP contribution in [0.25, 0.3) is 0 Å². The number of hydrogen-bond donors (Lipinski definition) is 2. The highest BCUT2D eigenvalue weighted by atomic mass is 16.5. The number of aliphatic hydroxyl groups is 1. The second-order valence-electron chi connectivity index (χ2n) is 5.63. The zero-order valence-corrected chi connectivity index (χ0v) is 12.2. The molecule has 1 aliphatic rings. The lowest BCUT2D eigenvalue weighted by atomic mass is 9.93. The van der Waals surface area contributed by atoms with Gasteiger partial charge in [0.2, 0.25) is 0 Å². The lowest BCUT2D eigenvalue weighted by molar-refractivity contribution is 0.116. The minimum atomic E-state index is -0.0887. The van der Waals surface area contributed by atoms with Gasteiger partial charge in [0, 0.05) is 18.2 Å². The summed E-state index contributed by atoms with van der Waals surface area (Å²) in [7, 11) is 1.73. The number of aliphatic hydroxyl groups excluding tert-OH is 1. The van der Waals surface area contributed by atoms with Crippen molar-refractivity contribution in [1.82, 2.24) is 5.32 Å². The third-order valence-electron chi connectivity index (χ3n) is 4.17. The summed E-state index contributed by atoms with van der Waals surface area (Å²) in [6.45, 7) is 5.08. The van der Waals surface area contributed by atoms with Gasteiger partial charge in [-0.2, -0.15) is 0 Å². The van der Waals surface area contributed by atoms with E-state index >= 15 is 0 Å². The van der Waals surface area contributed by atoms with Crippen molar-refractivity contribution in [3.8, 4) is 5.75 Å². The van der Waals surface area contributed by atoms with Gasteiger partial charge in [-0.25, -0.2) is 0 Å². The Morgan fingerprint density at radius 2 is 1.79 bits per heavy atom. The topological polar surface area (TPSA) is 41.5 Å². The molecule has 3 heteroatoms. The predicted octanol–water partition coefficient (Wildman–Crippen LogP) is 2.71. The smallest absolute Gasteiger partial charge is 0.123 e. The van der Waals surface area contributed by atoms with E-state index in [1.54, 1.807) is 7.11 Å². The summed E-state index contributed by atoms with van der Waals surface area (Å²) >= 11 is 0. The first-order valence-corrected chi connectivity index (χ1v) is 7.15. The Hall–Kier alpha value is -1.06. The molecule has 0 atom stereocenters. The van der Waals surface area contributed by atoms with Crippen molar-refractivity contribution >= 4 is 0 Å². The largest absolute Gasteiger partial charge is 0.496 e. The van der Waals surface area contributed by atoms with Gasteiger partial charge < -0.3 is 15.2 Å². The van der Waals surface area contributed by atoms with E-state index in [4.69, 9.17) is 4.74 Å².